The lowest BCUT2D eigenvalue weighted by molar-refractivity contribution is -0.440. The van der Waals surface area contributed by atoms with Gasteiger partial charge in [0.25, 0.3) is 10.1 Å². The second kappa shape index (κ2) is 5.78. The van der Waals surface area contributed by atoms with Gasteiger partial charge in [-0.05, 0) is 46.2 Å². The van der Waals surface area contributed by atoms with Crippen molar-refractivity contribution < 1.29 is 17.5 Å². The minimum Gasteiger partial charge on any atom is -0.286 e. The fourth-order valence-electron chi connectivity index (χ4n) is 3.33. The summed E-state index contributed by atoms with van der Waals surface area (Å²) >= 11 is 0. The lowest BCUT2D eigenvalue weighted by Crippen LogP contribution is -2.26. The largest absolute Gasteiger partial charge is 0.286 e. The van der Waals surface area contributed by atoms with E-state index in [1.165, 1.54) is 28.1 Å². The fraction of sp³-hybridized carbons (Fsp3) is 0.588. The van der Waals surface area contributed by atoms with E-state index in [2.05, 4.69) is 51.3 Å². The van der Waals surface area contributed by atoms with Crippen LogP contribution in [-0.2, 0) is 15.5 Å². The topological polar surface area (TPSA) is 57.4 Å². The van der Waals surface area contributed by atoms with Gasteiger partial charge in [-0.3, -0.25) is 4.55 Å². The van der Waals surface area contributed by atoms with Crippen molar-refractivity contribution in [1.29, 1.82) is 0 Å². The molecule has 1 aliphatic heterocycles. The zero-order chi connectivity index (χ0) is 16.7. The normalized spacial score (nSPS) is 17.0. The Balaban J connectivity index is 2.27. The van der Waals surface area contributed by atoms with Gasteiger partial charge in [0.15, 0.2) is 5.71 Å². The van der Waals surface area contributed by atoms with Crippen LogP contribution < -0.4 is 0 Å². The van der Waals surface area contributed by atoms with Crippen molar-refractivity contribution in [2.24, 2.45) is 0 Å². The van der Waals surface area contributed by atoms with Crippen LogP contribution in [0, 0.1) is 13.8 Å². The highest BCUT2D eigenvalue weighted by atomic mass is 32.2. The van der Waals surface area contributed by atoms with Crippen LogP contribution in [0.15, 0.2) is 12.1 Å². The highest BCUT2D eigenvalue weighted by Crippen LogP contribution is 2.42. The summed E-state index contributed by atoms with van der Waals surface area (Å²) in [6.45, 7) is 11.6. The summed E-state index contributed by atoms with van der Waals surface area (Å²) in [6, 6.07) is 4.45. The lowest BCUT2D eigenvalue weighted by Gasteiger charge is -2.15. The van der Waals surface area contributed by atoms with E-state index in [9.17, 15) is 8.42 Å². The van der Waals surface area contributed by atoms with E-state index in [-0.39, 0.29) is 11.2 Å². The Kier molecular flexibility index (Phi) is 4.51. The van der Waals surface area contributed by atoms with Crippen LogP contribution in [0.1, 0.15) is 50.3 Å². The van der Waals surface area contributed by atoms with Crippen LogP contribution in [0.3, 0.4) is 0 Å². The zero-order valence-corrected chi connectivity index (χ0v) is 14.9. The first kappa shape index (κ1) is 17.2. The van der Waals surface area contributed by atoms with Gasteiger partial charge >= 0.3 is 0 Å². The summed E-state index contributed by atoms with van der Waals surface area (Å²) in [5.74, 6) is -0.164. The summed E-state index contributed by atoms with van der Waals surface area (Å²) in [7, 11) is -3.86. The first-order valence-corrected chi connectivity index (χ1v) is 9.33. The number of benzene rings is 1. The zero-order valence-electron chi connectivity index (χ0n) is 14.1. The Labute approximate surface area is 133 Å². The molecule has 4 nitrogen and oxygen atoms in total. The number of fused-ring (bicyclic) bond motifs is 1. The van der Waals surface area contributed by atoms with Crippen molar-refractivity contribution in [3.63, 3.8) is 0 Å². The number of rotatable bonds is 5. The third-order valence-corrected chi connectivity index (χ3v) is 5.54. The number of aryl methyl sites for hydroxylation is 2. The maximum atomic E-state index is 10.8. The molecule has 0 fully saturated rings. The summed E-state index contributed by atoms with van der Waals surface area (Å²) in [5, 5.41) is 0. The Morgan fingerprint density at radius 2 is 1.77 bits per heavy atom. The number of nitrogens with zero attached hydrogens (tertiary/aromatic N) is 1. The van der Waals surface area contributed by atoms with E-state index in [1.807, 2.05) is 0 Å². The second-order valence-electron chi connectivity index (χ2n) is 6.83. The summed E-state index contributed by atoms with van der Waals surface area (Å²) in [6.07, 6.45) is 1.21. The number of hydrogen-bond donors (Lipinski definition) is 1. The van der Waals surface area contributed by atoms with Crippen molar-refractivity contribution in [3.05, 3.63) is 28.8 Å². The standard InChI is InChI=1S/C17H25NO3S/c1-12-10-13(2)16-15(11-12)17(4,5)14(3)18(16)8-6-7-9-22(19,20)21/h10-11H,6-9H2,1-5H3/p+1. The van der Waals surface area contributed by atoms with Gasteiger partial charge in [-0.15, -0.1) is 0 Å². The molecule has 0 unspecified atom stereocenters. The van der Waals surface area contributed by atoms with E-state index >= 15 is 0 Å². The Bertz CT molecular complexity index is 731. The molecule has 0 radical (unpaired) electrons. The van der Waals surface area contributed by atoms with Gasteiger partial charge < -0.3 is 0 Å². The van der Waals surface area contributed by atoms with Gasteiger partial charge in [-0.2, -0.15) is 13.0 Å². The smallest absolute Gasteiger partial charge is 0.264 e. The molecule has 1 N–H and O–H groups in total. The van der Waals surface area contributed by atoms with Crippen LogP contribution in [0.4, 0.5) is 5.69 Å². The number of unbranched alkanes of at least 4 members (excludes halogenated alkanes) is 1. The van der Waals surface area contributed by atoms with Crippen LogP contribution in [0.2, 0.25) is 0 Å². The van der Waals surface area contributed by atoms with Crippen LogP contribution >= 0.6 is 0 Å². The van der Waals surface area contributed by atoms with Crippen molar-refractivity contribution in [2.75, 3.05) is 12.3 Å². The molecular weight excluding hydrogens is 298 g/mol. The molecule has 1 heterocycles. The Hall–Kier alpha value is -1.20. The predicted octanol–water partition coefficient (Wildman–Crippen LogP) is 3.37. The minimum absolute atomic E-state index is 0.00479. The van der Waals surface area contributed by atoms with Gasteiger partial charge in [0, 0.05) is 24.5 Å². The van der Waals surface area contributed by atoms with E-state index < -0.39 is 10.1 Å². The molecule has 22 heavy (non-hydrogen) atoms. The molecule has 0 spiro atoms. The molecule has 1 aromatic rings. The molecule has 0 saturated carbocycles. The van der Waals surface area contributed by atoms with Gasteiger partial charge in [0.05, 0.1) is 11.2 Å². The fourth-order valence-corrected chi connectivity index (χ4v) is 3.90. The maximum absolute atomic E-state index is 10.8. The summed E-state index contributed by atoms with van der Waals surface area (Å²) in [5.41, 5.74) is 6.43. The van der Waals surface area contributed by atoms with E-state index in [0.29, 0.717) is 6.42 Å². The second-order valence-corrected chi connectivity index (χ2v) is 8.41. The van der Waals surface area contributed by atoms with Crippen molar-refractivity contribution in [2.45, 2.75) is 52.9 Å². The van der Waals surface area contributed by atoms with Gasteiger partial charge in [-0.25, -0.2) is 0 Å². The van der Waals surface area contributed by atoms with E-state index in [4.69, 9.17) is 4.55 Å². The van der Waals surface area contributed by atoms with Crippen LogP contribution in [-0.4, -0.2) is 35.6 Å². The minimum atomic E-state index is -3.86. The van der Waals surface area contributed by atoms with Crippen molar-refractivity contribution in [3.8, 4) is 0 Å². The van der Waals surface area contributed by atoms with Gasteiger partial charge in [0.2, 0.25) is 5.69 Å². The summed E-state index contributed by atoms with van der Waals surface area (Å²) < 4.78 is 32.8. The quantitative estimate of drug-likeness (QED) is 0.513. The third-order valence-electron chi connectivity index (χ3n) is 4.73. The lowest BCUT2D eigenvalue weighted by atomic mass is 9.81. The predicted molar refractivity (Wildman–Crippen MR) is 90.1 cm³/mol. The molecule has 0 bridgehead atoms. The molecule has 0 saturated heterocycles. The molecule has 1 aromatic carbocycles. The van der Waals surface area contributed by atoms with Gasteiger partial charge in [0.1, 0.15) is 6.54 Å². The Morgan fingerprint density at radius 3 is 2.36 bits per heavy atom. The van der Waals surface area contributed by atoms with E-state index in [1.54, 1.807) is 0 Å². The highest BCUT2D eigenvalue weighted by Gasteiger charge is 2.43. The molecule has 2 rings (SSSR count). The molecule has 0 aromatic heterocycles. The van der Waals surface area contributed by atoms with Crippen molar-refractivity contribution in [1.82, 2.24) is 0 Å². The average molecular weight is 324 g/mol. The van der Waals surface area contributed by atoms with Crippen LogP contribution in [0.25, 0.3) is 0 Å². The average Bonchev–Trinajstić information content (AvgIpc) is 2.55. The first-order chi connectivity index (χ1) is 10.0. The molecule has 0 aliphatic carbocycles. The summed E-state index contributed by atoms with van der Waals surface area (Å²) in [4.78, 5) is 0. The molecule has 122 valence electrons. The molecule has 0 amide bonds. The molecular formula is C17H26NO3S+. The third kappa shape index (κ3) is 3.25. The molecule has 5 heteroatoms. The van der Waals surface area contributed by atoms with Crippen molar-refractivity contribution >= 4 is 21.5 Å². The van der Waals surface area contributed by atoms with Gasteiger partial charge in [-0.1, -0.05) is 5.56 Å². The SMILES string of the molecule is CC1=[N+](CCCCS(=O)(=O)O)c2c(C)cc(C)cc2C1(C)C. The maximum Gasteiger partial charge on any atom is 0.264 e. The molecule has 0 atom stereocenters. The first-order valence-electron chi connectivity index (χ1n) is 7.72. The number of hydrogen-bond acceptors (Lipinski definition) is 2. The monoisotopic (exact) mass is 324 g/mol. The Morgan fingerprint density at radius 1 is 1.14 bits per heavy atom. The van der Waals surface area contributed by atoms with Crippen LogP contribution in [0.5, 0.6) is 0 Å². The molecule has 1 aliphatic rings. The van der Waals surface area contributed by atoms with E-state index in [0.717, 1.165) is 13.0 Å². The highest BCUT2D eigenvalue weighted by molar-refractivity contribution is 7.85.